The van der Waals surface area contributed by atoms with Crippen molar-refractivity contribution in [1.82, 2.24) is 4.98 Å². The molecule has 2 aliphatic heterocycles. The Labute approximate surface area is 105 Å². The molecule has 1 aromatic rings. The number of methoxy groups -OCH3 is 1. The maximum atomic E-state index is 11.4. The van der Waals surface area contributed by atoms with Gasteiger partial charge in [0.1, 0.15) is 5.69 Å². The van der Waals surface area contributed by atoms with Crippen LogP contribution >= 0.6 is 0 Å². The first-order valence-corrected chi connectivity index (χ1v) is 6.22. The third-order valence-electron chi connectivity index (χ3n) is 3.61. The highest BCUT2D eigenvalue weighted by atomic mass is 16.5. The van der Waals surface area contributed by atoms with Crippen LogP contribution in [-0.4, -0.2) is 36.3 Å². The Kier molecular flexibility index (Phi) is 2.91. The summed E-state index contributed by atoms with van der Waals surface area (Å²) in [6, 6.07) is 3.92. The van der Waals surface area contributed by atoms with Crippen LogP contribution < -0.4 is 5.32 Å². The highest BCUT2D eigenvalue weighted by Crippen LogP contribution is 2.35. The van der Waals surface area contributed by atoms with Crippen LogP contribution in [0.5, 0.6) is 0 Å². The Morgan fingerprint density at radius 2 is 2.44 bits per heavy atom. The third kappa shape index (κ3) is 2.06. The van der Waals surface area contributed by atoms with Gasteiger partial charge < -0.3 is 14.8 Å². The van der Waals surface area contributed by atoms with Crippen molar-refractivity contribution >= 4 is 11.7 Å². The summed E-state index contributed by atoms with van der Waals surface area (Å²) < 4.78 is 10.4. The highest BCUT2D eigenvalue weighted by molar-refractivity contribution is 5.88. The number of esters is 1. The van der Waals surface area contributed by atoms with Crippen LogP contribution in [0, 0.1) is 0 Å². The van der Waals surface area contributed by atoms with Crippen molar-refractivity contribution < 1.29 is 14.3 Å². The maximum absolute atomic E-state index is 11.4. The first kappa shape index (κ1) is 11.5. The zero-order valence-corrected chi connectivity index (χ0v) is 10.3. The number of hydrogen-bond donors (Lipinski definition) is 1. The van der Waals surface area contributed by atoms with E-state index in [1.807, 2.05) is 6.07 Å². The van der Waals surface area contributed by atoms with Crippen molar-refractivity contribution in [1.29, 1.82) is 0 Å². The van der Waals surface area contributed by atoms with Gasteiger partial charge in [-0.25, -0.2) is 9.78 Å². The Morgan fingerprint density at radius 1 is 1.56 bits per heavy atom. The number of ether oxygens (including phenoxy) is 2. The molecule has 96 valence electrons. The molecule has 3 atom stereocenters. The van der Waals surface area contributed by atoms with E-state index < -0.39 is 5.97 Å². The molecule has 2 fully saturated rings. The summed E-state index contributed by atoms with van der Waals surface area (Å²) in [4.78, 5) is 15.4. The average molecular weight is 248 g/mol. The zero-order chi connectivity index (χ0) is 12.5. The predicted octanol–water partition coefficient (Wildman–Crippen LogP) is 1.60. The maximum Gasteiger partial charge on any atom is 0.356 e. The van der Waals surface area contributed by atoms with E-state index >= 15 is 0 Å². The largest absolute Gasteiger partial charge is 0.464 e. The van der Waals surface area contributed by atoms with Crippen molar-refractivity contribution in [3.63, 3.8) is 0 Å². The van der Waals surface area contributed by atoms with Crippen molar-refractivity contribution in [3.8, 4) is 0 Å². The second-order valence-corrected chi connectivity index (χ2v) is 4.78. The van der Waals surface area contributed by atoms with E-state index in [1.54, 1.807) is 12.3 Å². The number of nitrogens with zero attached hydrogens (tertiary/aromatic N) is 1. The first-order valence-electron chi connectivity index (χ1n) is 6.22. The fourth-order valence-corrected chi connectivity index (χ4v) is 2.74. The summed E-state index contributed by atoms with van der Waals surface area (Å²) in [6.45, 7) is 0. The number of carbonyl (C=O) groups excluding carboxylic acids is 1. The minimum Gasteiger partial charge on any atom is -0.464 e. The minimum absolute atomic E-state index is 0.310. The Bertz CT molecular complexity index is 463. The van der Waals surface area contributed by atoms with E-state index in [0.29, 0.717) is 23.9 Å². The molecular formula is C13H16N2O3. The molecule has 0 saturated carbocycles. The fraction of sp³-hybridized carbons (Fsp3) is 0.538. The molecule has 2 saturated heterocycles. The van der Waals surface area contributed by atoms with E-state index in [1.165, 1.54) is 13.5 Å². The van der Waals surface area contributed by atoms with Gasteiger partial charge in [-0.15, -0.1) is 0 Å². The summed E-state index contributed by atoms with van der Waals surface area (Å²) in [5.74, 6) is -0.414. The average Bonchev–Trinajstić information content (AvgIpc) is 3.00. The Morgan fingerprint density at radius 3 is 3.11 bits per heavy atom. The fourth-order valence-electron chi connectivity index (χ4n) is 2.74. The van der Waals surface area contributed by atoms with Crippen LogP contribution in [0.3, 0.4) is 0 Å². The van der Waals surface area contributed by atoms with Gasteiger partial charge in [-0.2, -0.15) is 0 Å². The monoisotopic (exact) mass is 248 g/mol. The van der Waals surface area contributed by atoms with Gasteiger partial charge in [-0.05, 0) is 31.4 Å². The number of rotatable bonds is 3. The second kappa shape index (κ2) is 4.57. The van der Waals surface area contributed by atoms with Crippen molar-refractivity contribution in [2.24, 2.45) is 0 Å². The lowest BCUT2D eigenvalue weighted by molar-refractivity contribution is 0.0594. The third-order valence-corrected chi connectivity index (χ3v) is 3.61. The SMILES string of the molecule is COC(=O)c1cc(NC2CC3CCC2O3)ccn1. The highest BCUT2D eigenvalue weighted by Gasteiger charge is 2.40. The molecule has 0 radical (unpaired) electrons. The zero-order valence-electron chi connectivity index (χ0n) is 10.3. The quantitative estimate of drug-likeness (QED) is 0.823. The molecule has 0 aliphatic carbocycles. The molecule has 3 heterocycles. The van der Waals surface area contributed by atoms with Crippen LogP contribution in [0.1, 0.15) is 29.8 Å². The summed E-state index contributed by atoms with van der Waals surface area (Å²) in [5.41, 5.74) is 1.22. The molecule has 1 aromatic heterocycles. The molecule has 5 nitrogen and oxygen atoms in total. The summed E-state index contributed by atoms with van der Waals surface area (Å²) >= 11 is 0. The molecule has 5 heteroatoms. The second-order valence-electron chi connectivity index (χ2n) is 4.78. The van der Waals surface area contributed by atoms with E-state index in [-0.39, 0.29) is 0 Å². The normalized spacial score (nSPS) is 29.3. The van der Waals surface area contributed by atoms with Gasteiger partial charge in [0.2, 0.25) is 0 Å². The number of anilines is 1. The number of carbonyl (C=O) groups is 1. The number of hydrogen-bond acceptors (Lipinski definition) is 5. The van der Waals surface area contributed by atoms with Crippen LogP contribution in [0.15, 0.2) is 18.3 Å². The number of nitrogens with one attached hydrogen (secondary N) is 1. The van der Waals surface area contributed by atoms with Gasteiger partial charge in [0.05, 0.1) is 25.4 Å². The van der Waals surface area contributed by atoms with E-state index in [0.717, 1.165) is 18.5 Å². The Hall–Kier alpha value is -1.62. The lowest BCUT2D eigenvalue weighted by Gasteiger charge is -2.21. The van der Waals surface area contributed by atoms with Gasteiger partial charge in [-0.1, -0.05) is 0 Å². The van der Waals surface area contributed by atoms with Crippen LogP contribution in [0.25, 0.3) is 0 Å². The smallest absolute Gasteiger partial charge is 0.356 e. The lowest BCUT2D eigenvalue weighted by Crippen LogP contribution is -2.30. The van der Waals surface area contributed by atoms with Gasteiger partial charge in [-0.3, -0.25) is 0 Å². The summed E-state index contributed by atoms with van der Waals surface area (Å²) in [5, 5.41) is 3.42. The summed E-state index contributed by atoms with van der Waals surface area (Å²) in [7, 11) is 1.36. The molecule has 3 rings (SSSR count). The molecule has 0 spiro atoms. The molecule has 2 aliphatic rings. The van der Waals surface area contributed by atoms with Gasteiger partial charge in [0.25, 0.3) is 0 Å². The minimum atomic E-state index is -0.414. The van der Waals surface area contributed by atoms with E-state index in [9.17, 15) is 4.79 Å². The van der Waals surface area contributed by atoms with E-state index in [2.05, 4.69) is 15.0 Å². The predicted molar refractivity (Wildman–Crippen MR) is 65.5 cm³/mol. The van der Waals surface area contributed by atoms with Crippen LogP contribution in [-0.2, 0) is 9.47 Å². The number of pyridine rings is 1. The van der Waals surface area contributed by atoms with Crippen LogP contribution in [0.2, 0.25) is 0 Å². The number of fused-ring (bicyclic) bond motifs is 2. The first-order chi connectivity index (χ1) is 8.76. The topological polar surface area (TPSA) is 60.5 Å². The van der Waals surface area contributed by atoms with Crippen molar-refractivity contribution in [2.75, 3.05) is 12.4 Å². The lowest BCUT2D eigenvalue weighted by atomic mass is 9.95. The Balaban J connectivity index is 1.71. The van der Waals surface area contributed by atoms with Crippen LogP contribution in [0.4, 0.5) is 5.69 Å². The number of aromatic nitrogens is 1. The van der Waals surface area contributed by atoms with Gasteiger partial charge in [0.15, 0.2) is 0 Å². The molecule has 18 heavy (non-hydrogen) atoms. The summed E-state index contributed by atoms with van der Waals surface area (Å²) in [6.07, 6.45) is 5.67. The van der Waals surface area contributed by atoms with Gasteiger partial charge in [0, 0.05) is 11.9 Å². The van der Waals surface area contributed by atoms with Gasteiger partial charge >= 0.3 is 5.97 Å². The molecule has 0 amide bonds. The molecule has 3 unspecified atom stereocenters. The van der Waals surface area contributed by atoms with E-state index in [4.69, 9.17) is 4.74 Å². The van der Waals surface area contributed by atoms with Crippen molar-refractivity contribution in [3.05, 3.63) is 24.0 Å². The molecule has 1 N–H and O–H groups in total. The molecular weight excluding hydrogens is 232 g/mol. The molecule has 0 aromatic carbocycles. The van der Waals surface area contributed by atoms with Crippen molar-refractivity contribution in [2.45, 2.75) is 37.5 Å². The molecule has 2 bridgehead atoms. The standard InChI is InChI=1S/C13H16N2O3/c1-17-13(16)11-6-8(4-5-14-11)15-10-7-9-2-3-12(10)18-9/h4-6,9-10,12H,2-3,7H2,1H3,(H,14,15).